The minimum absolute atomic E-state index is 0.137. The Morgan fingerprint density at radius 2 is 1.62 bits per heavy atom. The van der Waals surface area contributed by atoms with E-state index in [2.05, 4.69) is 76.5 Å². The largest absolute Gasteiger partial charge is 0.350 e. The van der Waals surface area contributed by atoms with E-state index in [1.54, 1.807) is 11.3 Å². The number of carbonyl (C=O) groups excluding carboxylic acids is 1. The van der Waals surface area contributed by atoms with Crippen molar-refractivity contribution in [2.24, 2.45) is 0 Å². The molecule has 2 nitrogen and oxygen atoms in total. The molecule has 0 spiro atoms. The average molecular weight is 490 g/mol. The number of thioether (sulfide) groups is 2. The van der Waals surface area contributed by atoms with Gasteiger partial charge in [0.25, 0.3) is 0 Å². The molecule has 1 amide bonds. The predicted octanol–water partition coefficient (Wildman–Crippen LogP) is 7.80. The molecule has 0 bridgehead atoms. The minimum atomic E-state index is 0.137. The Bertz CT molecular complexity index is 845. The fourth-order valence-corrected chi connectivity index (χ4v) is 7.44. The van der Waals surface area contributed by atoms with Crippen LogP contribution < -0.4 is 5.32 Å². The normalized spacial score (nSPS) is 19.7. The molecule has 1 saturated carbocycles. The van der Waals surface area contributed by atoms with E-state index >= 15 is 0 Å². The zero-order valence-corrected chi connectivity index (χ0v) is 22.9. The SMILES string of the molecule is CC(C)(C)c1cc(SC2CCCCC2SCC(=O)NCc2cccs2)cc(C(C)(C)C)c1. The molecule has 1 aliphatic rings. The predicted molar refractivity (Wildman–Crippen MR) is 144 cm³/mol. The highest BCUT2D eigenvalue weighted by Gasteiger charge is 2.28. The fraction of sp³-hybridized carbons (Fsp3) is 0.593. The van der Waals surface area contributed by atoms with E-state index in [-0.39, 0.29) is 16.7 Å². The first-order valence-corrected chi connectivity index (χ1v) is 14.6. The second-order valence-electron chi connectivity index (χ2n) is 10.9. The minimum Gasteiger partial charge on any atom is -0.350 e. The third-order valence-corrected chi connectivity index (χ3v) is 9.88. The summed E-state index contributed by atoms with van der Waals surface area (Å²) in [6.45, 7) is 14.5. The third kappa shape index (κ3) is 7.56. The van der Waals surface area contributed by atoms with Crippen LogP contribution in [0, 0.1) is 0 Å². The van der Waals surface area contributed by atoms with Crippen molar-refractivity contribution in [1.29, 1.82) is 0 Å². The van der Waals surface area contributed by atoms with Crippen LogP contribution in [-0.4, -0.2) is 22.2 Å². The number of hydrogen-bond donors (Lipinski definition) is 1. The van der Waals surface area contributed by atoms with Crippen molar-refractivity contribution in [3.8, 4) is 0 Å². The topological polar surface area (TPSA) is 29.1 Å². The molecule has 2 unspecified atom stereocenters. The summed E-state index contributed by atoms with van der Waals surface area (Å²) in [6.07, 6.45) is 5.03. The molecule has 2 aromatic rings. The first-order valence-electron chi connectivity index (χ1n) is 11.8. The van der Waals surface area contributed by atoms with Crippen molar-refractivity contribution in [1.82, 2.24) is 5.32 Å². The molecule has 1 heterocycles. The molecule has 1 N–H and O–H groups in total. The average Bonchev–Trinajstić information content (AvgIpc) is 3.24. The summed E-state index contributed by atoms with van der Waals surface area (Å²) >= 11 is 5.60. The Labute approximate surface area is 207 Å². The monoisotopic (exact) mass is 489 g/mol. The Morgan fingerprint density at radius 3 is 2.19 bits per heavy atom. The summed E-state index contributed by atoms with van der Waals surface area (Å²) in [5.41, 5.74) is 3.11. The van der Waals surface area contributed by atoms with E-state index in [1.165, 1.54) is 46.6 Å². The van der Waals surface area contributed by atoms with Gasteiger partial charge in [0, 0.05) is 20.3 Å². The summed E-state index contributed by atoms with van der Waals surface area (Å²) in [5.74, 6) is 0.713. The zero-order chi connectivity index (χ0) is 23.4. The van der Waals surface area contributed by atoms with Crippen LogP contribution in [0.1, 0.15) is 83.2 Å². The Morgan fingerprint density at radius 1 is 1.00 bits per heavy atom. The molecule has 0 saturated heterocycles. The third-order valence-electron chi connectivity index (χ3n) is 6.04. The number of carbonyl (C=O) groups is 1. The standard InChI is InChI=1S/C27H39NOS3/c1-26(2,3)19-14-20(27(4,5)6)16-22(15-19)32-24-12-8-7-11-23(24)31-18-25(29)28-17-21-10-9-13-30-21/h9-10,13-16,23-24H,7-8,11-12,17-18H2,1-6H3,(H,28,29). The number of rotatable bonds is 7. The zero-order valence-electron chi connectivity index (χ0n) is 20.5. The summed E-state index contributed by atoms with van der Waals surface area (Å²) in [5, 5.41) is 6.25. The van der Waals surface area contributed by atoms with E-state index in [0.717, 1.165) is 0 Å². The van der Waals surface area contributed by atoms with Crippen LogP contribution in [0.5, 0.6) is 0 Å². The van der Waals surface area contributed by atoms with Crippen LogP contribution in [0.3, 0.4) is 0 Å². The summed E-state index contributed by atoms with van der Waals surface area (Å²) in [4.78, 5) is 15.0. The molecule has 176 valence electrons. The summed E-state index contributed by atoms with van der Waals surface area (Å²) < 4.78 is 0. The molecule has 1 aliphatic carbocycles. The van der Waals surface area contributed by atoms with Crippen LogP contribution in [-0.2, 0) is 22.2 Å². The van der Waals surface area contributed by atoms with Gasteiger partial charge in [-0.3, -0.25) is 4.79 Å². The van der Waals surface area contributed by atoms with Crippen molar-refractivity contribution in [3.63, 3.8) is 0 Å². The van der Waals surface area contributed by atoms with Gasteiger partial charge in [-0.1, -0.05) is 66.5 Å². The van der Waals surface area contributed by atoms with Crippen molar-refractivity contribution >= 4 is 40.8 Å². The fourth-order valence-electron chi connectivity index (χ4n) is 3.93. The highest BCUT2D eigenvalue weighted by atomic mass is 32.2. The molecule has 0 aliphatic heterocycles. The molecule has 1 aromatic carbocycles. The summed E-state index contributed by atoms with van der Waals surface area (Å²) in [6, 6.07) is 11.3. The van der Waals surface area contributed by atoms with Gasteiger partial charge in [-0.2, -0.15) is 0 Å². The molecule has 32 heavy (non-hydrogen) atoms. The van der Waals surface area contributed by atoms with Gasteiger partial charge < -0.3 is 5.32 Å². The lowest BCUT2D eigenvalue weighted by atomic mass is 9.81. The van der Waals surface area contributed by atoms with Crippen molar-refractivity contribution in [2.45, 2.75) is 100.0 Å². The van der Waals surface area contributed by atoms with Gasteiger partial charge in [0.1, 0.15) is 0 Å². The van der Waals surface area contributed by atoms with Crippen molar-refractivity contribution in [3.05, 3.63) is 51.7 Å². The van der Waals surface area contributed by atoms with Gasteiger partial charge in [0.2, 0.25) is 5.91 Å². The highest BCUT2D eigenvalue weighted by molar-refractivity contribution is 8.04. The lowest BCUT2D eigenvalue weighted by molar-refractivity contribution is -0.118. The van der Waals surface area contributed by atoms with E-state index in [0.29, 0.717) is 22.8 Å². The van der Waals surface area contributed by atoms with Gasteiger partial charge >= 0.3 is 0 Å². The number of benzene rings is 1. The number of amides is 1. The van der Waals surface area contributed by atoms with E-state index in [4.69, 9.17) is 0 Å². The molecular formula is C27H39NOS3. The van der Waals surface area contributed by atoms with Gasteiger partial charge in [0.05, 0.1) is 12.3 Å². The molecule has 3 rings (SSSR count). The van der Waals surface area contributed by atoms with Crippen LogP contribution in [0.4, 0.5) is 0 Å². The van der Waals surface area contributed by atoms with Crippen LogP contribution in [0.25, 0.3) is 0 Å². The van der Waals surface area contributed by atoms with Gasteiger partial charge in [-0.15, -0.1) is 34.9 Å². The number of thiophene rings is 1. The maximum absolute atomic E-state index is 12.4. The van der Waals surface area contributed by atoms with Gasteiger partial charge in [0.15, 0.2) is 0 Å². The maximum atomic E-state index is 12.4. The molecule has 0 radical (unpaired) electrons. The van der Waals surface area contributed by atoms with Gasteiger partial charge in [-0.05, 0) is 58.4 Å². The highest BCUT2D eigenvalue weighted by Crippen LogP contribution is 2.42. The lowest BCUT2D eigenvalue weighted by Gasteiger charge is -2.32. The van der Waals surface area contributed by atoms with Gasteiger partial charge in [-0.25, -0.2) is 0 Å². The first-order chi connectivity index (χ1) is 15.0. The molecular weight excluding hydrogens is 451 g/mol. The number of hydrogen-bond acceptors (Lipinski definition) is 4. The van der Waals surface area contributed by atoms with Crippen LogP contribution in [0.2, 0.25) is 0 Å². The Kier molecular flexibility index (Phi) is 8.85. The maximum Gasteiger partial charge on any atom is 0.230 e. The Hall–Kier alpha value is -0.910. The van der Waals surface area contributed by atoms with E-state index in [1.807, 2.05) is 29.6 Å². The van der Waals surface area contributed by atoms with E-state index < -0.39 is 0 Å². The van der Waals surface area contributed by atoms with Crippen molar-refractivity contribution in [2.75, 3.05) is 5.75 Å². The summed E-state index contributed by atoms with van der Waals surface area (Å²) in [7, 11) is 0. The molecule has 5 heteroatoms. The van der Waals surface area contributed by atoms with Crippen molar-refractivity contribution < 1.29 is 4.79 Å². The smallest absolute Gasteiger partial charge is 0.230 e. The first kappa shape index (κ1) is 25.7. The lowest BCUT2D eigenvalue weighted by Crippen LogP contribution is -2.29. The number of nitrogens with one attached hydrogen (secondary N) is 1. The molecule has 1 aromatic heterocycles. The second kappa shape index (κ2) is 11.0. The van der Waals surface area contributed by atoms with Crippen LogP contribution in [0.15, 0.2) is 40.6 Å². The molecule has 1 fully saturated rings. The Balaban J connectivity index is 1.66. The quantitative estimate of drug-likeness (QED) is 0.430. The van der Waals surface area contributed by atoms with E-state index in [9.17, 15) is 4.79 Å². The van der Waals surface area contributed by atoms with Crippen LogP contribution >= 0.6 is 34.9 Å². The molecule has 2 atom stereocenters. The second-order valence-corrected chi connectivity index (χ2v) is 14.5.